The maximum absolute atomic E-state index is 12.7. The molecule has 6 nitrogen and oxygen atoms in total. The summed E-state index contributed by atoms with van der Waals surface area (Å²) >= 11 is 0. The fourth-order valence-electron chi connectivity index (χ4n) is 2.71. The Kier molecular flexibility index (Phi) is 6.19. The van der Waals surface area contributed by atoms with Crippen molar-refractivity contribution in [2.75, 3.05) is 17.1 Å². The number of ether oxygens (including phenoxy) is 1. The van der Waals surface area contributed by atoms with Crippen molar-refractivity contribution in [3.05, 3.63) is 83.9 Å². The minimum absolute atomic E-state index is 0.0569. The number of aryl methyl sites for hydroxylation is 1. The van der Waals surface area contributed by atoms with Crippen LogP contribution in [0.4, 0.5) is 11.4 Å². The van der Waals surface area contributed by atoms with Gasteiger partial charge in [-0.2, -0.15) is 0 Å². The summed E-state index contributed by atoms with van der Waals surface area (Å²) in [5.41, 5.74) is 2.84. The number of anilines is 2. The van der Waals surface area contributed by atoms with E-state index in [1.807, 2.05) is 31.2 Å². The quantitative estimate of drug-likeness (QED) is 0.617. The lowest BCUT2D eigenvalue weighted by Gasteiger charge is -2.11. The molecule has 0 heterocycles. The maximum atomic E-state index is 12.7. The van der Waals surface area contributed by atoms with Crippen LogP contribution in [0.25, 0.3) is 0 Å². The zero-order valence-electron chi connectivity index (χ0n) is 16.2. The Balaban J connectivity index is 1.70. The van der Waals surface area contributed by atoms with Gasteiger partial charge in [-0.25, -0.2) is 8.42 Å². The number of hydrogen-bond donors (Lipinski definition) is 2. The molecule has 0 spiro atoms. The van der Waals surface area contributed by atoms with Crippen molar-refractivity contribution in [1.82, 2.24) is 0 Å². The first kappa shape index (κ1) is 20.4. The number of nitrogens with one attached hydrogen (secondary N) is 2. The predicted octanol–water partition coefficient (Wildman–Crippen LogP) is 3.99. The molecule has 0 saturated carbocycles. The van der Waals surface area contributed by atoms with Gasteiger partial charge < -0.3 is 10.1 Å². The third-order valence-corrected chi connectivity index (χ3v) is 5.63. The SMILES string of the molecule is COc1ccc(NS(=O)(=O)c2cccc(NC(=O)Cc3ccc(C)cc3)c2)cc1. The summed E-state index contributed by atoms with van der Waals surface area (Å²) in [6, 6.07) is 20.4. The smallest absolute Gasteiger partial charge is 0.261 e. The lowest BCUT2D eigenvalue weighted by molar-refractivity contribution is -0.115. The second-order valence-corrected chi connectivity index (χ2v) is 8.25. The summed E-state index contributed by atoms with van der Waals surface area (Å²) < 4.78 is 32.9. The molecule has 0 aliphatic heterocycles. The molecule has 0 fully saturated rings. The number of carbonyl (C=O) groups excluding carboxylic acids is 1. The van der Waals surface area contributed by atoms with Gasteiger partial charge in [-0.15, -0.1) is 0 Å². The molecular formula is C22H22N2O4S. The van der Waals surface area contributed by atoms with Crippen LogP contribution in [0.15, 0.2) is 77.7 Å². The minimum Gasteiger partial charge on any atom is -0.497 e. The van der Waals surface area contributed by atoms with E-state index in [0.29, 0.717) is 17.1 Å². The normalized spacial score (nSPS) is 11.0. The third kappa shape index (κ3) is 5.58. The Labute approximate surface area is 170 Å². The van der Waals surface area contributed by atoms with E-state index < -0.39 is 10.0 Å². The maximum Gasteiger partial charge on any atom is 0.261 e. The van der Waals surface area contributed by atoms with E-state index in [1.54, 1.807) is 36.4 Å². The second-order valence-electron chi connectivity index (χ2n) is 6.57. The predicted molar refractivity (Wildman–Crippen MR) is 114 cm³/mol. The van der Waals surface area contributed by atoms with E-state index in [9.17, 15) is 13.2 Å². The average molecular weight is 410 g/mol. The Morgan fingerprint density at radius 1 is 0.931 bits per heavy atom. The zero-order valence-corrected chi connectivity index (χ0v) is 17.0. The van der Waals surface area contributed by atoms with Crippen LogP contribution in [0.2, 0.25) is 0 Å². The molecule has 0 atom stereocenters. The summed E-state index contributed by atoms with van der Waals surface area (Å²) in [6.07, 6.45) is 0.210. The summed E-state index contributed by atoms with van der Waals surface area (Å²) in [7, 11) is -2.26. The zero-order chi connectivity index (χ0) is 20.9. The monoisotopic (exact) mass is 410 g/mol. The first-order chi connectivity index (χ1) is 13.9. The molecule has 0 saturated heterocycles. The van der Waals surface area contributed by atoms with Gasteiger partial charge in [0.05, 0.1) is 18.4 Å². The number of methoxy groups -OCH3 is 1. The molecule has 1 amide bonds. The number of rotatable bonds is 7. The largest absolute Gasteiger partial charge is 0.497 e. The van der Waals surface area contributed by atoms with Crippen molar-refractivity contribution in [3.63, 3.8) is 0 Å². The second kappa shape index (κ2) is 8.79. The van der Waals surface area contributed by atoms with Crippen LogP contribution in [0.3, 0.4) is 0 Å². The van der Waals surface area contributed by atoms with Gasteiger partial charge in [0.1, 0.15) is 5.75 Å². The van der Waals surface area contributed by atoms with Crippen molar-refractivity contribution >= 4 is 27.3 Å². The summed E-state index contributed by atoms with van der Waals surface area (Å²) in [5.74, 6) is 0.415. The van der Waals surface area contributed by atoms with Crippen molar-refractivity contribution in [2.45, 2.75) is 18.2 Å². The molecule has 3 aromatic carbocycles. The van der Waals surface area contributed by atoms with Crippen molar-refractivity contribution < 1.29 is 17.9 Å². The molecule has 7 heteroatoms. The number of amides is 1. The van der Waals surface area contributed by atoms with Crippen LogP contribution in [0, 0.1) is 6.92 Å². The van der Waals surface area contributed by atoms with E-state index in [2.05, 4.69) is 10.0 Å². The van der Waals surface area contributed by atoms with Crippen LogP contribution in [0.1, 0.15) is 11.1 Å². The Morgan fingerprint density at radius 2 is 1.62 bits per heavy atom. The van der Waals surface area contributed by atoms with Crippen LogP contribution in [-0.2, 0) is 21.2 Å². The number of carbonyl (C=O) groups is 1. The van der Waals surface area contributed by atoms with Gasteiger partial charge in [-0.1, -0.05) is 35.9 Å². The van der Waals surface area contributed by atoms with Gasteiger partial charge in [0.2, 0.25) is 5.91 Å². The molecule has 0 bridgehead atoms. The van der Waals surface area contributed by atoms with E-state index >= 15 is 0 Å². The highest BCUT2D eigenvalue weighted by atomic mass is 32.2. The van der Waals surface area contributed by atoms with Crippen LogP contribution >= 0.6 is 0 Å². The molecular weight excluding hydrogens is 388 g/mol. The van der Waals surface area contributed by atoms with Crippen molar-refractivity contribution in [3.8, 4) is 5.75 Å². The summed E-state index contributed by atoms with van der Waals surface area (Å²) in [4.78, 5) is 12.3. The average Bonchev–Trinajstić information content (AvgIpc) is 2.70. The van der Waals surface area contributed by atoms with Crippen LogP contribution in [0.5, 0.6) is 5.75 Å². The summed E-state index contributed by atoms with van der Waals surface area (Å²) in [6.45, 7) is 1.98. The minimum atomic E-state index is -3.80. The topological polar surface area (TPSA) is 84.5 Å². The number of benzene rings is 3. The molecule has 0 unspecified atom stereocenters. The Hall–Kier alpha value is -3.32. The Bertz CT molecular complexity index is 1090. The van der Waals surface area contributed by atoms with Crippen molar-refractivity contribution in [2.24, 2.45) is 0 Å². The van der Waals surface area contributed by atoms with Gasteiger partial charge in [-0.05, 0) is 55.0 Å². The first-order valence-electron chi connectivity index (χ1n) is 8.98. The fraction of sp³-hybridized carbons (Fsp3) is 0.136. The Morgan fingerprint density at radius 3 is 2.28 bits per heavy atom. The molecule has 0 aliphatic carbocycles. The third-order valence-electron chi connectivity index (χ3n) is 4.26. The van der Waals surface area contributed by atoms with Gasteiger partial charge in [0, 0.05) is 11.4 Å². The fourth-order valence-corrected chi connectivity index (χ4v) is 3.81. The van der Waals surface area contributed by atoms with Crippen LogP contribution in [-0.4, -0.2) is 21.4 Å². The highest BCUT2D eigenvalue weighted by molar-refractivity contribution is 7.92. The van der Waals surface area contributed by atoms with E-state index in [-0.39, 0.29) is 17.2 Å². The molecule has 0 aromatic heterocycles. The van der Waals surface area contributed by atoms with Gasteiger partial charge in [-0.3, -0.25) is 9.52 Å². The van der Waals surface area contributed by atoms with E-state index in [1.165, 1.54) is 19.2 Å². The standard InChI is InChI=1S/C22H22N2O4S/c1-16-6-8-17(9-7-16)14-22(25)23-19-4-3-5-21(15-19)29(26,27)24-18-10-12-20(28-2)13-11-18/h3-13,15,24H,14H2,1-2H3,(H,23,25). The first-order valence-corrected chi connectivity index (χ1v) is 10.5. The van der Waals surface area contributed by atoms with E-state index in [4.69, 9.17) is 4.74 Å². The van der Waals surface area contributed by atoms with Gasteiger partial charge in [0.15, 0.2) is 0 Å². The molecule has 2 N–H and O–H groups in total. The molecule has 29 heavy (non-hydrogen) atoms. The highest BCUT2D eigenvalue weighted by Crippen LogP contribution is 2.21. The number of sulfonamides is 1. The molecule has 3 aromatic rings. The molecule has 150 valence electrons. The molecule has 0 radical (unpaired) electrons. The van der Waals surface area contributed by atoms with E-state index in [0.717, 1.165) is 11.1 Å². The molecule has 0 aliphatic rings. The van der Waals surface area contributed by atoms with Crippen LogP contribution < -0.4 is 14.8 Å². The summed E-state index contributed by atoms with van der Waals surface area (Å²) in [5, 5.41) is 2.75. The lowest BCUT2D eigenvalue weighted by Crippen LogP contribution is -2.16. The van der Waals surface area contributed by atoms with Gasteiger partial charge in [0.25, 0.3) is 10.0 Å². The number of hydrogen-bond acceptors (Lipinski definition) is 4. The van der Waals surface area contributed by atoms with Crippen molar-refractivity contribution in [1.29, 1.82) is 0 Å². The molecule has 3 rings (SSSR count). The van der Waals surface area contributed by atoms with Gasteiger partial charge >= 0.3 is 0 Å². The lowest BCUT2D eigenvalue weighted by atomic mass is 10.1. The highest BCUT2D eigenvalue weighted by Gasteiger charge is 2.15.